The Labute approximate surface area is 173 Å². The van der Waals surface area contributed by atoms with Gasteiger partial charge in [0.05, 0.1) is 24.2 Å². The highest BCUT2D eigenvalue weighted by atomic mass is 16.4. The summed E-state index contributed by atoms with van der Waals surface area (Å²) in [4.78, 5) is 48.1. The molecule has 0 saturated heterocycles. The van der Waals surface area contributed by atoms with Crippen molar-refractivity contribution in [3.8, 4) is 0 Å². The second-order valence-corrected chi connectivity index (χ2v) is 6.83. The molecule has 8 N–H and O–H groups in total. The van der Waals surface area contributed by atoms with Crippen LogP contribution >= 0.6 is 0 Å². The maximum absolute atomic E-state index is 12.7. The average molecular weight is 424 g/mol. The number of hydrogen-bond acceptors (Lipinski definition) is 7. The first-order valence-corrected chi connectivity index (χ1v) is 9.37. The summed E-state index contributed by atoms with van der Waals surface area (Å²) in [5, 5.41) is 37.4. The van der Waals surface area contributed by atoms with Crippen LogP contribution in [-0.4, -0.2) is 70.8 Å². The number of carbonyl (C=O) groups is 4. The molecule has 0 spiro atoms. The van der Waals surface area contributed by atoms with Gasteiger partial charge in [-0.25, -0.2) is 0 Å². The van der Waals surface area contributed by atoms with E-state index in [9.17, 15) is 34.5 Å². The van der Waals surface area contributed by atoms with E-state index in [-0.39, 0.29) is 13.0 Å². The first-order valence-electron chi connectivity index (χ1n) is 9.37. The zero-order valence-electron chi connectivity index (χ0n) is 16.8. The number of hydrogen-bond donors (Lipinski definition) is 6. The van der Waals surface area contributed by atoms with Crippen molar-refractivity contribution in [2.24, 2.45) is 0 Å². The van der Waals surface area contributed by atoms with Crippen LogP contribution in [0.4, 0.5) is 0 Å². The quantitative estimate of drug-likeness (QED) is 0.206. The summed E-state index contributed by atoms with van der Waals surface area (Å²) in [6.07, 6.45) is -2.71. The van der Waals surface area contributed by atoms with Gasteiger partial charge in [0.15, 0.2) is 6.54 Å². The fourth-order valence-electron chi connectivity index (χ4n) is 2.60. The number of benzene rings is 1. The first-order chi connectivity index (χ1) is 14.1. The molecule has 0 saturated carbocycles. The zero-order valence-corrected chi connectivity index (χ0v) is 16.8. The molecule has 30 heavy (non-hydrogen) atoms. The Balaban J connectivity index is 3.07. The van der Waals surface area contributed by atoms with E-state index >= 15 is 0 Å². The van der Waals surface area contributed by atoms with Crippen LogP contribution < -0.4 is 26.8 Å². The molecule has 11 nitrogen and oxygen atoms in total. The van der Waals surface area contributed by atoms with E-state index in [0.717, 1.165) is 0 Å². The van der Waals surface area contributed by atoms with Gasteiger partial charge in [-0.3, -0.25) is 14.4 Å². The van der Waals surface area contributed by atoms with Gasteiger partial charge >= 0.3 is 0 Å². The summed E-state index contributed by atoms with van der Waals surface area (Å²) in [5.74, 6) is -3.99. The van der Waals surface area contributed by atoms with Gasteiger partial charge in [0.25, 0.3) is 5.91 Å². The maximum atomic E-state index is 12.7. The van der Waals surface area contributed by atoms with Gasteiger partial charge in [0.1, 0.15) is 12.1 Å². The molecule has 0 radical (unpaired) electrons. The molecule has 1 aromatic rings. The number of quaternary nitrogens is 1. The normalized spacial score (nSPS) is 15.8. The number of aliphatic carboxylic acids is 1. The molecule has 0 heterocycles. The standard InChI is InChI=1S/C19H28N4O7/c1-10(24)15(22-14(26)9-20)18(28)21-13(8-12-6-4-3-5-7-12)17(27)23-16(11(2)25)19(29)30/h3-7,10-11,13,15-16,24-25H,8-9,20H2,1-2H3,(H,21,28)(H,22,26)(H,23,27)(H,29,30)/t10-,11+,13-,15+,16-/m0/s1. The number of aliphatic hydroxyl groups is 2. The van der Waals surface area contributed by atoms with Crippen LogP contribution in [-0.2, 0) is 25.6 Å². The van der Waals surface area contributed by atoms with Crippen molar-refractivity contribution in [1.29, 1.82) is 0 Å². The van der Waals surface area contributed by atoms with Crippen LogP contribution in [0.25, 0.3) is 0 Å². The monoisotopic (exact) mass is 424 g/mol. The highest BCUT2D eigenvalue weighted by molar-refractivity contribution is 5.93. The minimum Gasteiger partial charge on any atom is -0.548 e. The largest absolute Gasteiger partial charge is 0.548 e. The molecular weight excluding hydrogens is 396 g/mol. The van der Waals surface area contributed by atoms with Crippen molar-refractivity contribution in [2.45, 2.75) is 50.6 Å². The Bertz CT molecular complexity index is 740. The molecule has 1 aromatic carbocycles. The number of nitrogens with one attached hydrogen (secondary N) is 3. The lowest BCUT2D eigenvalue weighted by Crippen LogP contribution is -2.63. The van der Waals surface area contributed by atoms with Crippen molar-refractivity contribution in [3.05, 3.63) is 35.9 Å². The van der Waals surface area contributed by atoms with Crippen LogP contribution in [0.3, 0.4) is 0 Å². The van der Waals surface area contributed by atoms with Gasteiger partial charge in [0, 0.05) is 6.42 Å². The molecule has 166 valence electrons. The Morgan fingerprint density at radius 3 is 1.97 bits per heavy atom. The minimum absolute atomic E-state index is 0.00615. The number of carbonyl (C=O) groups excluding carboxylic acids is 4. The first kappa shape index (κ1) is 25.0. The Morgan fingerprint density at radius 1 is 0.933 bits per heavy atom. The second kappa shape index (κ2) is 11.9. The molecule has 0 unspecified atom stereocenters. The molecule has 0 bridgehead atoms. The number of amides is 3. The van der Waals surface area contributed by atoms with E-state index in [0.29, 0.717) is 5.56 Å². The molecule has 0 fully saturated rings. The molecule has 0 aliphatic carbocycles. The van der Waals surface area contributed by atoms with Gasteiger partial charge in [-0.05, 0) is 19.4 Å². The van der Waals surface area contributed by atoms with Crippen LogP contribution in [0.5, 0.6) is 0 Å². The SMILES string of the molecule is C[C@H](O)[C@@H](NC(=O)C[NH3+])C(=O)N[C@@H](Cc1ccccc1)C(=O)N[C@H](C(=O)[O-])[C@@H](C)O. The lowest BCUT2D eigenvalue weighted by Gasteiger charge is -2.27. The van der Waals surface area contributed by atoms with Crippen LogP contribution in [0, 0.1) is 0 Å². The van der Waals surface area contributed by atoms with Crippen molar-refractivity contribution in [1.82, 2.24) is 16.0 Å². The van der Waals surface area contributed by atoms with E-state index in [1.54, 1.807) is 30.3 Å². The van der Waals surface area contributed by atoms with Gasteiger partial charge in [0.2, 0.25) is 11.8 Å². The predicted molar refractivity (Wildman–Crippen MR) is 102 cm³/mol. The Morgan fingerprint density at radius 2 is 1.50 bits per heavy atom. The zero-order chi connectivity index (χ0) is 22.8. The summed E-state index contributed by atoms with van der Waals surface area (Å²) in [6.45, 7) is 2.30. The second-order valence-electron chi connectivity index (χ2n) is 6.83. The van der Waals surface area contributed by atoms with E-state index in [4.69, 9.17) is 0 Å². The van der Waals surface area contributed by atoms with Gasteiger partial charge in [-0.1, -0.05) is 30.3 Å². The molecule has 0 aliphatic heterocycles. The van der Waals surface area contributed by atoms with Crippen LogP contribution in [0.2, 0.25) is 0 Å². The topological polar surface area (TPSA) is 196 Å². The third-order valence-corrected chi connectivity index (χ3v) is 4.26. The molecule has 3 amide bonds. The van der Waals surface area contributed by atoms with Crippen LogP contribution in [0.15, 0.2) is 30.3 Å². The molecule has 0 aliphatic rings. The number of aliphatic hydroxyl groups excluding tert-OH is 2. The summed E-state index contributed by atoms with van der Waals surface area (Å²) in [6, 6.07) is 4.32. The molecule has 5 atom stereocenters. The summed E-state index contributed by atoms with van der Waals surface area (Å²) < 4.78 is 0. The summed E-state index contributed by atoms with van der Waals surface area (Å²) in [7, 11) is 0. The lowest BCUT2D eigenvalue weighted by atomic mass is 10.0. The highest BCUT2D eigenvalue weighted by Crippen LogP contribution is 2.06. The molecule has 11 heteroatoms. The van der Waals surface area contributed by atoms with Crippen molar-refractivity contribution in [2.75, 3.05) is 6.54 Å². The molecular formula is C19H28N4O7. The van der Waals surface area contributed by atoms with Crippen LogP contribution in [0.1, 0.15) is 19.4 Å². The third kappa shape index (κ3) is 7.78. The Kier molecular flexibility index (Phi) is 9.89. The lowest BCUT2D eigenvalue weighted by molar-refractivity contribution is -0.355. The van der Waals surface area contributed by atoms with E-state index in [1.807, 2.05) is 0 Å². The minimum atomic E-state index is -1.69. The molecule has 0 aromatic heterocycles. The van der Waals surface area contributed by atoms with Gasteiger partial charge in [-0.2, -0.15) is 0 Å². The number of carboxylic acids is 1. The highest BCUT2D eigenvalue weighted by Gasteiger charge is 2.31. The number of rotatable bonds is 11. The summed E-state index contributed by atoms with van der Waals surface area (Å²) >= 11 is 0. The maximum Gasteiger partial charge on any atom is 0.275 e. The Hall–Kier alpha value is -3.02. The fraction of sp³-hybridized carbons (Fsp3) is 0.474. The van der Waals surface area contributed by atoms with Crippen molar-refractivity contribution >= 4 is 23.7 Å². The fourth-order valence-corrected chi connectivity index (χ4v) is 2.60. The summed E-state index contributed by atoms with van der Waals surface area (Å²) in [5.41, 5.74) is 4.06. The number of carboxylic acid groups (broad SMARTS) is 1. The smallest absolute Gasteiger partial charge is 0.275 e. The predicted octanol–water partition coefficient (Wildman–Crippen LogP) is -4.56. The van der Waals surface area contributed by atoms with Gasteiger partial charge < -0.3 is 41.8 Å². The van der Waals surface area contributed by atoms with Gasteiger partial charge in [-0.15, -0.1) is 0 Å². The van der Waals surface area contributed by atoms with Crippen molar-refractivity contribution < 1.29 is 40.2 Å². The van der Waals surface area contributed by atoms with E-state index < -0.39 is 54.0 Å². The van der Waals surface area contributed by atoms with E-state index in [2.05, 4.69) is 21.7 Å². The van der Waals surface area contributed by atoms with Crippen molar-refractivity contribution in [3.63, 3.8) is 0 Å². The van der Waals surface area contributed by atoms with E-state index in [1.165, 1.54) is 13.8 Å². The third-order valence-electron chi connectivity index (χ3n) is 4.26. The average Bonchev–Trinajstić information content (AvgIpc) is 2.69. The molecule has 1 rings (SSSR count).